The lowest BCUT2D eigenvalue weighted by Crippen LogP contribution is -2.39. The standard InChI is InChI=1S/C39H62NO12P/c1-37(2,3)48-36(43)40(24-16-10-11-17-25-45-26-18-15-21-31-19-13-12-14-20-31)28-34(42)32-22-23-35(33(27-32)29-41)46-30-47-53(44,51-49-38(4,5)6)52-50-39(7,8)9/h12-14,19-20,22-23,27,29,34,42H,10-11,15-18,21,24-26,28,30H2,1-9H3. The lowest BCUT2D eigenvalue weighted by molar-refractivity contribution is -0.339. The molecule has 1 amide bonds. The fraction of sp³-hybridized carbons (Fsp3) is 0.641. The van der Waals surface area contributed by atoms with Crippen LogP contribution in [0.5, 0.6) is 5.75 Å². The van der Waals surface area contributed by atoms with Crippen molar-refractivity contribution in [2.75, 3.05) is 33.1 Å². The largest absolute Gasteiger partial charge is 0.532 e. The Morgan fingerprint density at radius 3 is 2.00 bits per heavy atom. The summed E-state index contributed by atoms with van der Waals surface area (Å²) in [5, 5.41) is 11.2. The van der Waals surface area contributed by atoms with E-state index in [1.165, 1.54) is 22.6 Å². The van der Waals surface area contributed by atoms with Crippen molar-refractivity contribution in [1.82, 2.24) is 4.90 Å². The molecule has 0 saturated heterocycles. The van der Waals surface area contributed by atoms with Gasteiger partial charge in [-0.25, -0.2) is 23.7 Å². The number of hydrogen-bond donors (Lipinski definition) is 1. The molecule has 2 rings (SSSR count). The topological polar surface area (TPSA) is 149 Å². The highest BCUT2D eigenvalue weighted by Gasteiger charge is 2.35. The van der Waals surface area contributed by atoms with Gasteiger partial charge in [0.2, 0.25) is 6.79 Å². The monoisotopic (exact) mass is 767 g/mol. The van der Waals surface area contributed by atoms with Crippen LogP contribution in [-0.2, 0) is 44.1 Å². The van der Waals surface area contributed by atoms with Gasteiger partial charge in [-0.2, -0.15) is 0 Å². The molecular formula is C39H62NO12P. The molecule has 0 aliphatic carbocycles. The van der Waals surface area contributed by atoms with Crippen molar-refractivity contribution in [2.45, 2.75) is 130 Å². The van der Waals surface area contributed by atoms with E-state index in [2.05, 4.69) is 24.3 Å². The van der Waals surface area contributed by atoms with E-state index in [1.54, 1.807) is 68.4 Å². The maximum Gasteiger partial charge on any atom is 0.532 e. The van der Waals surface area contributed by atoms with Crippen LogP contribution in [0, 0.1) is 0 Å². The lowest BCUT2D eigenvalue weighted by atomic mass is 10.0. The number of nitrogens with zero attached hydrogens (tertiary/aromatic N) is 1. The first-order valence-corrected chi connectivity index (χ1v) is 19.7. The zero-order valence-electron chi connectivity index (χ0n) is 33.1. The summed E-state index contributed by atoms with van der Waals surface area (Å²) in [6.07, 6.45) is 5.52. The van der Waals surface area contributed by atoms with Crippen LogP contribution in [0.2, 0.25) is 0 Å². The second kappa shape index (κ2) is 22.5. The Bertz CT molecular complexity index is 1380. The summed E-state index contributed by atoms with van der Waals surface area (Å²) in [5.74, 6) is 0.0798. The molecule has 0 aliphatic heterocycles. The first-order chi connectivity index (χ1) is 24.8. The third-order valence-corrected chi connectivity index (χ3v) is 8.02. The predicted octanol–water partition coefficient (Wildman–Crippen LogP) is 9.32. The van der Waals surface area contributed by atoms with E-state index in [9.17, 15) is 19.3 Å². The minimum Gasteiger partial charge on any atom is -0.466 e. The van der Waals surface area contributed by atoms with E-state index in [-0.39, 0.29) is 17.9 Å². The second-order valence-electron chi connectivity index (χ2n) is 15.7. The first-order valence-electron chi connectivity index (χ1n) is 18.3. The van der Waals surface area contributed by atoms with Crippen molar-refractivity contribution in [1.29, 1.82) is 0 Å². The number of aryl methyl sites for hydroxylation is 1. The molecule has 1 N–H and O–H groups in total. The molecule has 0 saturated carbocycles. The number of aliphatic hydroxyl groups is 1. The molecule has 2 aromatic rings. The average Bonchev–Trinajstić information content (AvgIpc) is 3.07. The number of benzene rings is 2. The smallest absolute Gasteiger partial charge is 0.466 e. The number of phosphoric acid groups is 1. The Labute approximate surface area is 316 Å². The van der Waals surface area contributed by atoms with Gasteiger partial charge in [-0.1, -0.05) is 49.2 Å². The molecule has 13 nitrogen and oxygen atoms in total. The SMILES string of the molecule is CC(C)(C)OOP(=O)(OCOc1ccc(C(O)CN(CCCCCCOCCCCc2ccccc2)C(=O)OC(C)(C)C)cc1C=O)OOC(C)(C)C. The molecule has 0 aliphatic rings. The van der Waals surface area contributed by atoms with Gasteiger partial charge in [0.15, 0.2) is 6.29 Å². The summed E-state index contributed by atoms with van der Waals surface area (Å²) in [6, 6.07) is 14.9. The number of aliphatic hydroxyl groups excluding tert-OH is 1. The second-order valence-corrected chi connectivity index (χ2v) is 17.2. The Balaban J connectivity index is 1.90. The number of aldehydes is 1. The molecule has 0 spiro atoms. The van der Waals surface area contributed by atoms with Crippen molar-refractivity contribution < 1.29 is 57.1 Å². The van der Waals surface area contributed by atoms with E-state index in [4.69, 9.17) is 37.9 Å². The number of carbonyl (C=O) groups excluding carboxylic acids is 2. The molecule has 1 unspecified atom stereocenters. The normalized spacial score (nSPS) is 13.1. The summed E-state index contributed by atoms with van der Waals surface area (Å²) < 4.78 is 45.2. The molecule has 53 heavy (non-hydrogen) atoms. The number of rotatable bonds is 24. The summed E-state index contributed by atoms with van der Waals surface area (Å²) in [6.45, 7) is 16.5. The predicted molar refractivity (Wildman–Crippen MR) is 201 cm³/mol. The Morgan fingerprint density at radius 2 is 1.42 bits per heavy atom. The summed E-state index contributed by atoms with van der Waals surface area (Å²) in [7, 11) is -4.42. The summed E-state index contributed by atoms with van der Waals surface area (Å²) in [5.41, 5.74) is -0.597. The van der Waals surface area contributed by atoms with Gasteiger partial charge in [0.05, 0.1) is 29.4 Å². The molecule has 0 aromatic heterocycles. The molecule has 0 radical (unpaired) electrons. The fourth-order valence-corrected chi connectivity index (χ4v) is 5.48. The van der Waals surface area contributed by atoms with E-state index in [0.29, 0.717) is 31.4 Å². The van der Waals surface area contributed by atoms with Gasteiger partial charge in [0, 0.05) is 19.8 Å². The Kier molecular flexibility index (Phi) is 19.6. The lowest BCUT2D eigenvalue weighted by Gasteiger charge is -2.29. The van der Waals surface area contributed by atoms with Crippen LogP contribution in [0.25, 0.3) is 0 Å². The van der Waals surface area contributed by atoms with Crippen LogP contribution in [0.4, 0.5) is 4.79 Å². The van der Waals surface area contributed by atoms with E-state index < -0.39 is 43.6 Å². The van der Waals surface area contributed by atoms with Crippen LogP contribution in [0.3, 0.4) is 0 Å². The van der Waals surface area contributed by atoms with Gasteiger partial charge in [-0.15, -0.1) is 9.35 Å². The van der Waals surface area contributed by atoms with E-state index in [1.807, 2.05) is 6.07 Å². The molecule has 0 bridgehead atoms. The maximum atomic E-state index is 13.1. The average molecular weight is 768 g/mol. The van der Waals surface area contributed by atoms with Crippen LogP contribution in [0.1, 0.15) is 128 Å². The van der Waals surface area contributed by atoms with E-state index >= 15 is 0 Å². The van der Waals surface area contributed by atoms with Crippen LogP contribution in [0.15, 0.2) is 48.5 Å². The third kappa shape index (κ3) is 21.0. The Morgan fingerprint density at radius 1 is 0.811 bits per heavy atom. The highest BCUT2D eigenvalue weighted by molar-refractivity contribution is 7.48. The van der Waals surface area contributed by atoms with Gasteiger partial charge in [-0.3, -0.25) is 4.79 Å². The molecule has 300 valence electrons. The number of unbranched alkanes of at least 4 members (excludes halogenated alkanes) is 4. The van der Waals surface area contributed by atoms with Crippen molar-refractivity contribution in [3.63, 3.8) is 0 Å². The number of ether oxygens (including phenoxy) is 3. The number of hydrogen-bond acceptors (Lipinski definition) is 12. The molecule has 2 aromatic carbocycles. The maximum absolute atomic E-state index is 13.1. The highest BCUT2D eigenvalue weighted by atomic mass is 31.2. The van der Waals surface area contributed by atoms with Gasteiger partial charge in [0.1, 0.15) is 11.4 Å². The quantitative estimate of drug-likeness (QED) is 0.0271. The van der Waals surface area contributed by atoms with Crippen LogP contribution >= 0.6 is 7.82 Å². The van der Waals surface area contributed by atoms with Gasteiger partial charge >= 0.3 is 13.9 Å². The molecule has 1 atom stereocenters. The van der Waals surface area contributed by atoms with E-state index in [0.717, 1.165) is 45.1 Å². The summed E-state index contributed by atoms with van der Waals surface area (Å²) >= 11 is 0. The molecular weight excluding hydrogens is 705 g/mol. The summed E-state index contributed by atoms with van der Waals surface area (Å²) in [4.78, 5) is 36.8. The van der Waals surface area contributed by atoms with Gasteiger partial charge in [0.25, 0.3) is 0 Å². The van der Waals surface area contributed by atoms with Crippen molar-refractivity contribution in [3.8, 4) is 5.75 Å². The molecule has 0 fully saturated rings. The molecule has 14 heteroatoms. The van der Waals surface area contributed by atoms with Crippen LogP contribution in [-0.4, -0.2) is 72.3 Å². The van der Waals surface area contributed by atoms with Crippen molar-refractivity contribution in [3.05, 3.63) is 65.2 Å². The zero-order valence-corrected chi connectivity index (χ0v) is 34.0. The fourth-order valence-electron chi connectivity index (χ4n) is 4.56. The third-order valence-electron chi connectivity index (χ3n) is 7.09. The number of amides is 1. The molecule has 0 heterocycles. The van der Waals surface area contributed by atoms with Crippen molar-refractivity contribution in [2.24, 2.45) is 0 Å². The minimum absolute atomic E-state index is 0.0535. The zero-order chi connectivity index (χ0) is 39.5. The van der Waals surface area contributed by atoms with Gasteiger partial charge < -0.3 is 24.2 Å². The highest BCUT2D eigenvalue weighted by Crippen LogP contribution is 2.51. The van der Waals surface area contributed by atoms with Gasteiger partial charge in [-0.05, 0) is 118 Å². The van der Waals surface area contributed by atoms with Crippen molar-refractivity contribution >= 4 is 20.2 Å². The first kappa shape index (κ1) is 46.3. The minimum atomic E-state index is -4.42. The van der Waals surface area contributed by atoms with Crippen LogP contribution < -0.4 is 4.74 Å². The Hall–Kier alpha value is -2.87. The number of carbonyl (C=O) groups is 2.